The van der Waals surface area contributed by atoms with Gasteiger partial charge < -0.3 is 14.4 Å². The molecule has 5 nitrogen and oxygen atoms in total. The molecule has 142 valence electrons. The summed E-state index contributed by atoms with van der Waals surface area (Å²) >= 11 is 0. The lowest BCUT2D eigenvalue weighted by Crippen LogP contribution is -2.35. The number of nitrogens with zero attached hydrogens (tertiary/aromatic N) is 2. The van der Waals surface area contributed by atoms with Crippen molar-refractivity contribution >= 4 is 6.09 Å². The number of cyclic esters (lactones) is 1. The third kappa shape index (κ3) is 4.31. The smallest absolute Gasteiger partial charge is 0.410 e. The summed E-state index contributed by atoms with van der Waals surface area (Å²) in [6, 6.07) is 17.1. The fraction of sp³-hybridized carbons (Fsp3) is 0.409. The molecular formula is C22H26N2O3. The molecule has 2 aromatic rings. The van der Waals surface area contributed by atoms with Crippen molar-refractivity contribution in [1.29, 1.82) is 0 Å². The quantitative estimate of drug-likeness (QED) is 0.812. The van der Waals surface area contributed by atoms with E-state index in [1.165, 1.54) is 16.7 Å². The maximum atomic E-state index is 11.8. The number of hydrogen-bond acceptors (Lipinski definition) is 4. The first kappa shape index (κ1) is 18.0. The molecule has 2 aliphatic heterocycles. The number of morpholine rings is 1. The molecule has 1 atom stereocenters. The van der Waals surface area contributed by atoms with Crippen molar-refractivity contribution in [2.75, 3.05) is 32.8 Å². The number of amides is 1. The second-order valence-electron chi connectivity index (χ2n) is 7.32. The molecule has 2 heterocycles. The van der Waals surface area contributed by atoms with E-state index in [1.807, 2.05) is 6.92 Å². The summed E-state index contributed by atoms with van der Waals surface area (Å²) in [6.45, 7) is 7.71. The van der Waals surface area contributed by atoms with Crippen LogP contribution in [0.2, 0.25) is 0 Å². The van der Waals surface area contributed by atoms with E-state index in [1.54, 1.807) is 4.90 Å². The molecule has 2 aliphatic rings. The first-order chi connectivity index (χ1) is 13.2. The van der Waals surface area contributed by atoms with E-state index >= 15 is 0 Å². The van der Waals surface area contributed by atoms with Crippen LogP contribution in [0.15, 0.2) is 48.5 Å². The van der Waals surface area contributed by atoms with Crippen LogP contribution in [-0.2, 0) is 22.6 Å². The van der Waals surface area contributed by atoms with E-state index in [0.717, 1.165) is 38.4 Å². The molecule has 0 aromatic heterocycles. The van der Waals surface area contributed by atoms with Gasteiger partial charge in [0, 0.05) is 26.2 Å². The molecule has 0 aliphatic carbocycles. The Morgan fingerprint density at radius 1 is 1.00 bits per heavy atom. The molecular weight excluding hydrogens is 340 g/mol. The second-order valence-corrected chi connectivity index (χ2v) is 7.32. The van der Waals surface area contributed by atoms with Gasteiger partial charge in [0.05, 0.1) is 19.8 Å². The molecule has 1 amide bonds. The van der Waals surface area contributed by atoms with E-state index in [4.69, 9.17) is 9.47 Å². The highest BCUT2D eigenvalue weighted by atomic mass is 16.6. The van der Waals surface area contributed by atoms with Crippen molar-refractivity contribution in [3.05, 3.63) is 59.7 Å². The van der Waals surface area contributed by atoms with Gasteiger partial charge in [0.15, 0.2) is 0 Å². The van der Waals surface area contributed by atoms with E-state index in [9.17, 15) is 4.79 Å². The van der Waals surface area contributed by atoms with Gasteiger partial charge in [0.1, 0.15) is 6.10 Å². The number of carbonyl (C=O) groups is 1. The largest absolute Gasteiger partial charge is 0.444 e. The third-order valence-electron chi connectivity index (χ3n) is 5.19. The minimum Gasteiger partial charge on any atom is -0.444 e. The van der Waals surface area contributed by atoms with Crippen molar-refractivity contribution in [1.82, 2.24) is 9.80 Å². The highest BCUT2D eigenvalue weighted by Gasteiger charge is 2.27. The van der Waals surface area contributed by atoms with Crippen molar-refractivity contribution in [2.24, 2.45) is 0 Å². The zero-order valence-electron chi connectivity index (χ0n) is 15.8. The van der Waals surface area contributed by atoms with E-state index in [-0.39, 0.29) is 12.2 Å². The molecule has 0 saturated carbocycles. The Morgan fingerprint density at radius 2 is 1.74 bits per heavy atom. The lowest BCUT2D eigenvalue weighted by molar-refractivity contribution is 0.0342. The normalized spacial score (nSPS) is 20.7. The van der Waals surface area contributed by atoms with Gasteiger partial charge >= 0.3 is 6.09 Å². The van der Waals surface area contributed by atoms with Gasteiger partial charge in [-0.3, -0.25) is 4.90 Å². The Kier molecular flexibility index (Phi) is 5.41. The maximum absolute atomic E-state index is 11.8. The number of hydrogen-bond donors (Lipinski definition) is 0. The van der Waals surface area contributed by atoms with E-state index in [2.05, 4.69) is 53.4 Å². The number of ether oxygens (including phenoxy) is 2. The number of rotatable bonds is 5. The van der Waals surface area contributed by atoms with Crippen LogP contribution in [0.4, 0.5) is 4.79 Å². The Morgan fingerprint density at radius 3 is 2.44 bits per heavy atom. The van der Waals surface area contributed by atoms with Gasteiger partial charge in [0.25, 0.3) is 0 Å². The number of benzene rings is 2. The molecule has 2 fully saturated rings. The van der Waals surface area contributed by atoms with Gasteiger partial charge in [-0.25, -0.2) is 4.79 Å². The topological polar surface area (TPSA) is 42.0 Å². The predicted octanol–water partition coefficient (Wildman–Crippen LogP) is 3.53. The summed E-state index contributed by atoms with van der Waals surface area (Å²) in [5.41, 5.74) is 4.93. The summed E-state index contributed by atoms with van der Waals surface area (Å²) in [7, 11) is 0. The summed E-state index contributed by atoms with van der Waals surface area (Å²) in [6.07, 6.45) is -0.244. The molecule has 0 bridgehead atoms. The minimum absolute atomic E-state index is 0.0242. The lowest BCUT2D eigenvalue weighted by Gasteiger charge is -2.27. The second kappa shape index (κ2) is 8.11. The Bertz CT molecular complexity index is 784. The number of carbonyl (C=O) groups excluding carboxylic acids is 1. The van der Waals surface area contributed by atoms with Crippen molar-refractivity contribution in [2.45, 2.75) is 26.1 Å². The highest BCUT2D eigenvalue weighted by molar-refractivity contribution is 5.70. The van der Waals surface area contributed by atoms with Gasteiger partial charge in [-0.05, 0) is 29.2 Å². The van der Waals surface area contributed by atoms with Crippen molar-refractivity contribution in [3.63, 3.8) is 0 Å². The maximum Gasteiger partial charge on any atom is 0.410 e. The van der Waals surface area contributed by atoms with Crippen LogP contribution in [0.1, 0.15) is 18.1 Å². The standard InChI is InChI=1S/C22H26N2O3/c1-17-14-24(22(25)27-17)15-18-6-8-19(9-7-18)21-5-3-2-4-20(21)16-23-10-12-26-13-11-23/h2-9,17H,10-16H2,1H3. The Labute approximate surface area is 160 Å². The molecule has 4 rings (SSSR count). The minimum atomic E-state index is -0.220. The zero-order valence-corrected chi connectivity index (χ0v) is 15.8. The van der Waals surface area contributed by atoms with Gasteiger partial charge in [-0.15, -0.1) is 0 Å². The van der Waals surface area contributed by atoms with Crippen LogP contribution in [0, 0.1) is 0 Å². The van der Waals surface area contributed by atoms with Crippen LogP contribution in [-0.4, -0.2) is 54.8 Å². The van der Waals surface area contributed by atoms with Crippen molar-refractivity contribution < 1.29 is 14.3 Å². The van der Waals surface area contributed by atoms with Crippen LogP contribution in [0.5, 0.6) is 0 Å². The summed E-state index contributed by atoms with van der Waals surface area (Å²) in [4.78, 5) is 16.0. The fourth-order valence-electron chi connectivity index (χ4n) is 3.75. The molecule has 5 heteroatoms. The fourth-order valence-corrected chi connectivity index (χ4v) is 3.75. The van der Waals surface area contributed by atoms with Crippen molar-refractivity contribution in [3.8, 4) is 11.1 Å². The molecule has 27 heavy (non-hydrogen) atoms. The summed E-state index contributed by atoms with van der Waals surface area (Å²) in [5, 5.41) is 0. The average Bonchev–Trinajstić information content (AvgIpc) is 3.01. The molecule has 0 N–H and O–H groups in total. The SMILES string of the molecule is CC1CN(Cc2ccc(-c3ccccc3CN3CCOCC3)cc2)C(=O)O1. The summed E-state index contributed by atoms with van der Waals surface area (Å²) < 4.78 is 10.7. The highest BCUT2D eigenvalue weighted by Crippen LogP contribution is 2.26. The summed E-state index contributed by atoms with van der Waals surface area (Å²) in [5.74, 6) is 0. The predicted molar refractivity (Wildman–Crippen MR) is 104 cm³/mol. The first-order valence-electron chi connectivity index (χ1n) is 9.62. The van der Waals surface area contributed by atoms with E-state index in [0.29, 0.717) is 13.1 Å². The molecule has 0 radical (unpaired) electrons. The Hall–Kier alpha value is -2.37. The van der Waals surface area contributed by atoms with Crippen LogP contribution in [0.25, 0.3) is 11.1 Å². The molecule has 2 saturated heterocycles. The monoisotopic (exact) mass is 366 g/mol. The van der Waals surface area contributed by atoms with Gasteiger partial charge in [-0.2, -0.15) is 0 Å². The van der Waals surface area contributed by atoms with Gasteiger partial charge in [-0.1, -0.05) is 48.5 Å². The molecule has 2 aromatic carbocycles. The molecule has 1 unspecified atom stereocenters. The van der Waals surface area contributed by atoms with Crippen LogP contribution in [0.3, 0.4) is 0 Å². The lowest BCUT2D eigenvalue weighted by atomic mass is 9.98. The third-order valence-corrected chi connectivity index (χ3v) is 5.19. The molecule has 0 spiro atoms. The first-order valence-corrected chi connectivity index (χ1v) is 9.62. The average molecular weight is 366 g/mol. The zero-order chi connectivity index (χ0) is 18.6. The Balaban J connectivity index is 1.48. The van der Waals surface area contributed by atoms with Gasteiger partial charge in [0.2, 0.25) is 0 Å². The van der Waals surface area contributed by atoms with E-state index < -0.39 is 0 Å². The van der Waals surface area contributed by atoms with Crippen LogP contribution < -0.4 is 0 Å². The van der Waals surface area contributed by atoms with Crippen LogP contribution >= 0.6 is 0 Å².